The summed E-state index contributed by atoms with van der Waals surface area (Å²) < 4.78 is 22.2. The summed E-state index contributed by atoms with van der Waals surface area (Å²) in [5.41, 5.74) is 0.127. The first-order valence-electron chi connectivity index (χ1n) is 5.50. The van der Waals surface area contributed by atoms with Crippen molar-refractivity contribution in [3.63, 3.8) is 0 Å². The number of nitrogens with one attached hydrogen (secondary N) is 1. The van der Waals surface area contributed by atoms with Gasteiger partial charge < -0.3 is 5.32 Å². The van der Waals surface area contributed by atoms with Crippen LogP contribution < -0.4 is 5.32 Å². The lowest BCUT2D eigenvalue weighted by Crippen LogP contribution is -2.43. The molecule has 16 heavy (non-hydrogen) atoms. The van der Waals surface area contributed by atoms with Crippen molar-refractivity contribution < 1.29 is 8.42 Å². The zero-order chi connectivity index (χ0) is 12.4. The molecule has 1 rings (SSSR count). The SMILES string of the molecule is CC(C)(CNCC1(CC#N)CC1)S(C)(=O)=O. The van der Waals surface area contributed by atoms with Gasteiger partial charge in [0.05, 0.1) is 10.8 Å². The molecule has 1 aliphatic rings. The van der Waals surface area contributed by atoms with Crippen molar-refractivity contribution in [2.24, 2.45) is 5.41 Å². The second-order valence-electron chi connectivity index (χ2n) is 5.47. The number of sulfone groups is 1. The van der Waals surface area contributed by atoms with Gasteiger partial charge in [-0.25, -0.2) is 8.42 Å². The molecule has 1 fully saturated rings. The van der Waals surface area contributed by atoms with Crippen LogP contribution in [0.5, 0.6) is 0 Å². The first kappa shape index (κ1) is 13.5. The van der Waals surface area contributed by atoms with Crippen LogP contribution in [0.4, 0.5) is 0 Å². The summed E-state index contributed by atoms with van der Waals surface area (Å²) in [5, 5.41) is 11.8. The van der Waals surface area contributed by atoms with E-state index >= 15 is 0 Å². The molecule has 0 aromatic carbocycles. The number of nitriles is 1. The summed E-state index contributed by atoms with van der Waals surface area (Å²) in [4.78, 5) is 0. The molecule has 1 saturated carbocycles. The summed E-state index contributed by atoms with van der Waals surface area (Å²) in [6.07, 6.45) is 3.98. The molecule has 0 aromatic rings. The minimum atomic E-state index is -3.04. The average Bonchev–Trinajstić information content (AvgIpc) is 2.83. The average molecular weight is 244 g/mol. The Bertz CT molecular complexity index is 389. The molecular formula is C11H20N2O2S. The van der Waals surface area contributed by atoms with Crippen LogP contribution in [0.25, 0.3) is 0 Å². The van der Waals surface area contributed by atoms with Crippen molar-refractivity contribution in [2.75, 3.05) is 19.3 Å². The van der Waals surface area contributed by atoms with Gasteiger partial charge in [0.2, 0.25) is 0 Å². The molecule has 0 radical (unpaired) electrons. The van der Waals surface area contributed by atoms with Gasteiger partial charge in [-0.1, -0.05) is 0 Å². The van der Waals surface area contributed by atoms with E-state index in [-0.39, 0.29) is 5.41 Å². The maximum atomic E-state index is 11.5. The predicted molar refractivity (Wildman–Crippen MR) is 63.7 cm³/mol. The number of nitrogens with zero attached hydrogens (tertiary/aromatic N) is 1. The highest BCUT2D eigenvalue weighted by molar-refractivity contribution is 7.92. The van der Waals surface area contributed by atoms with Gasteiger partial charge in [-0.2, -0.15) is 5.26 Å². The molecule has 0 spiro atoms. The number of hydrogen-bond acceptors (Lipinski definition) is 4. The van der Waals surface area contributed by atoms with Crippen molar-refractivity contribution in [3.8, 4) is 6.07 Å². The third-order valence-corrected chi connectivity index (χ3v) is 5.62. The summed E-state index contributed by atoms with van der Waals surface area (Å²) in [6.45, 7) is 4.64. The molecule has 1 aliphatic carbocycles. The molecule has 0 unspecified atom stereocenters. The van der Waals surface area contributed by atoms with E-state index < -0.39 is 14.6 Å². The zero-order valence-corrected chi connectivity index (χ0v) is 11.0. The molecule has 0 atom stereocenters. The van der Waals surface area contributed by atoms with E-state index in [4.69, 9.17) is 5.26 Å². The molecule has 0 bridgehead atoms. The highest BCUT2D eigenvalue weighted by Gasteiger charge is 2.42. The lowest BCUT2D eigenvalue weighted by Gasteiger charge is -2.24. The zero-order valence-electron chi connectivity index (χ0n) is 10.2. The lowest BCUT2D eigenvalue weighted by atomic mass is 10.0. The fraction of sp³-hybridized carbons (Fsp3) is 0.909. The second-order valence-corrected chi connectivity index (χ2v) is 8.12. The van der Waals surface area contributed by atoms with Crippen LogP contribution in [-0.2, 0) is 9.84 Å². The number of hydrogen-bond donors (Lipinski definition) is 1. The van der Waals surface area contributed by atoms with E-state index in [1.165, 1.54) is 6.26 Å². The maximum absolute atomic E-state index is 11.5. The summed E-state index contributed by atoms with van der Waals surface area (Å²) >= 11 is 0. The minimum absolute atomic E-state index is 0.127. The summed E-state index contributed by atoms with van der Waals surface area (Å²) in [5.74, 6) is 0. The van der Waals surface area contributed by atoms with E-state index in [1.807, 2.05) is 0 Å². The largest absolute Gasteiger partial charge is 0.315 e. The molecule has 1 N–H and O–H groups in total. The summed E-state index contributed by atoms with van der Waals surface area (Å²) in [7, 11) is -3.04. The number of rotatable bonds is 6. The van der Waals surface area contributed by atoms with E-state index in [0.29, 0.717) is 13.0 Å². The van der Waals surface area contributed by atoms with Gasteiger partial charge in [-0.05, 0) is 32.1 Å². The molecule has 0 saturated heterocycles. The van der Waals surface area contributed by atoms with Gasteiger partial charge in [0.25, 0.3) is 0 Å². The molecule has 0 aromatic heterocycles. The molecule has 0 heterocycles. The van der Waals surface area contributed by atoms with Gasteiger partial charge in [-0.15, -0.1) is 0 Å². The van der Waals surface area contributed by atoms with E-state index in [9.17, 15) is 8.42 Å². The van der Waals surface area contributed by atoms with Gasteiger partial charge in [0, 0.05) is 25.8 Å². The Hall–Kier alpha value is -0.600. The smallest absolute Gasteiger partial charge is 0.153 e. The predicted octanol–water partition coefficient (Wildman–Crippen LogP) is 1.09. The molecule has 92 valence electrons. The Labute approximate surface area is 98.0 Å². The van der Waals surface area contributed by atoms with Crippen molar-refractivity contribution in [3.05, 3.63) is 0 Å². The highest BCUT2D eigenvalue weighted by atomic mass is 32.2. The Morgan fingerprint density at radius 2 is 2.00 bits per heavy atom. The van der Waals surface area contributed by atoms with Crippen LogP contribution in [0.2, 0.25) is 0 Å². The molecule has 0 amide bonds. The minimum Gasteiger partial charge on any atom is -0.315 e. The molecule has 0 aliphatic heterocycles. The first-order valence-corrected chi connectivity index (χ1v) is 7.39. The van der Waals surface area contributed by atoms with Crippen molar-refractivity contribution >= 4 is 9.84 Å². The van der Waals surface area contributed by atoms with Crippen LogP contribution in [0.15, 0.2) is 0 Å². The van der Waals surface area contributed by atoms with Crippen molar-refractivity contribution in [1.29, 1.82) is 5.26 Å². The van der Waals surface area contributed by atoms with Crippen molar-refractivity contribution in [1.82, 2.24) is 5.32 Å². The van der Waals surface area contributed by atoms with Crippen molar-refractivity contribution in [2.45, 2.75) is 37.9 Å². The first-order chi connectivity index (χ1) is 7.22. The van der Waals surface area contributed by atoms with Crippen LogP contribution in [0.1, 0.15) is 33.1 Å². The van der Waals surface area contributed by atoms with Crippen LogP contribution >= 0.6 is 0 Å². The van der Waals surface area contributed by atoms with Gasteiger partial charge in [0.1, 0.15) is 0 Å². The van der Waals surface area contributed by atoms with Crippen LogP contribution in [0.3, 0.4) is 0 Å². The van der Waals surface area contributed by atoms with Crippen LogP contribution in [0, 0.1) is 16.7 Å². The Morgan fingerprint density at radius 1 is 1.44 bits per heavy atom. The van der Waals surface area contributed by atoms with E-state index in [0.717, 1.165) is 19.4 Å². The molecule has 5 heteroatoms. The van der Waals surface area contributed by atoms with Gasteiger partial charge >= 0.3 is 0 Å². The standard InChI is InChI=1S/C11H20N2O2S/c1-10(2,16(3,14)15)8-13-9-11(4-5-11)6-7-12/h13H,4-6,8-9H2,1-3H3. The van der Waals surface area contributed by atoms with E-state index in [1.54, 1.807) is 13.8 Å². The third kappa shape index (κ3) is 3.19. The second kappa shape index (κ2) is 4.34. The molecular weight excluding hydrogens is 224 g/mol. The lowest BCUT2D eigenvalue weighted by molar-refractivity contribution is 0.442. The fourth-order valence-corrected chi connectivity index (χ4v) is 1.88. The van der Waals surface area contributed by atoms with Crippen LogP contribution in [-0.4, -0.2) is 32.5 Å². The normalized spacial score (nSPS) is 19.1. The maximum Gasteiger partial charge on any atom is 0.153 e. The van der Waals surface area contributed by atoms with Gasteiger partial charge in [-0.3, -0.25) is 0 Å². The Morgan fingerprint density at radius 3 is 2.38 bits per heavy atom. The topological polar surface area (TPSA) is 70.0 Å². The third-order valence-electron chi connectivity index (χ3n) is 3.47. The highest BCUT2D eigenvalue weighted by Crippen LogP contribution is 2.47. The van der Waals surface area contributed by atoms with Gasteiger partial charge in [0.15, 0.2) is 9.84 Å². The monoisotopic (exact) mass is 244 g/mol. The Balaban J connectivity index is 2.40. The molecule has 4 nitrogen and oxygen atoms in total. The summed E-state index contributed by atoms with van der Waals surface area (Å²) in [6, 6.07) is 2.19. The Kier molecular flexibility index (Phi) is 3.65. The quantitative estimate of drug-likeness (QED) is 0.759. The fourth-order valence-electron chi connectivity index (χ4n) is 1.52. The van der Waals surface area contributed by atoms with E-state index in [2.05, 4.69) is 11.4 Å².